The van der Waals surface area contributed by atoms with E-state index in [1.54, 1.807) is 26.1 Å². The van der Waals surface area contributed by atoms with Gasteiger partial charge in [-0.1, -0.05) is 0 Å². The van der Waals surface area contributed by atoms with E-state index in [2.05, 4.69) is 15.0 Å². The topological polar surface area (TPSA) is 94.9 Å². The average Bonchev–Trinajstić information content (AvgIpc) is 2.25. The highest BCUT2D eigenvalue weighted by atomic mass is 32.2. The van der Waals surface area contributed by atoms with Crippen molar-refractivity contribution >= 4 is 10.0 Å². The van der Waals surface area contributed by atoms with Crippen LogP contribution < -0.4 is 10.0 Å². The summed E-state index contributed by atoms with van der Waals surface area (Å²) < 4.78 is 24.9. The van der Waals surface area contributed by atoms with Crippen LogP contribution in [0, 0.1) is 11.3 Å². The maximum Gasteiger partial charge on any atom is 0.209 e. The van der Waals surface area contributed by atoms with Gasteiger partial charge in [0.05, 0.1) is 6.26 Å². The number of aromatic nitrogens is 1. The first-order chi connectivity index (χ1) is 8.72. The third kappa shape index (κ3) is 6.29. The highest BCUT2D eigenvalue weighted by Crippen LogP contribution is 2.04. The molecule has 19 heavy (non-hydrogen) atoms. The fraction of sp³-hybridized carbons (Fsp3) is 0.500. The minimum Gasteiger partial charge on any atom is -0.311 e. The molecule has 0 atom stereocenters. The van der Waals surface area contributed by atoms with Crippen molar-refractivity contribution in [2.75, 3.05) is 12.8 Å². The van der Waals surface area contributed by atoms with Gasteiger partial charge in [0.1, 0.15) is 11.8 Å². The van der Waals surface area contributed by atoms with E-state index in [1.807, 2.05) is 12.1 Å². The SMILES string of the molecule is CC(C)(CNCc1ccnc(C#N)c1)NS(C)(=O)=O. The van der Waals surface area contributed by atoms with E-state index in [-0.39, 0.29) is 0 Å². The molecule has 1 aromatic heterocycles. The van der Waals surface area contributed by atoms with Gasteiger partial charge in [-0.05, 0) is 31.5 Å². The first-order valence-corrected chi connectivity index (χ1v) is 7.66. The molecule has 104 valence electrons. The molecule has 6 nitrogen and oxygen atoms in total. The van der Waals surface area contributed by atoms with Gasteiger partial charge in [0, 0.05) is 24.8 Å². The Labute approximate surface area is 113 Å². The van der Waals surface area contributed by atoms with Crippen molar-refractivity contribution in [3.63, 3.8) is 0 Å². The molecule has 1 aromatic rings. The molecule has 1 rings (SSSR count). The zero-order chi connectivity index (χ0) is 14.5. The van der Waals surface area contributed by atoms with E-state index in [0.717, 1.165) is 11.8 Å². The van der Waals surface area contributed by atoms with Crippen LogP contribution in [0.5, 0.6) is 0 Å². The maximum atomic E-state index is 11.2. The van der Waals surface area contributed by atoms with E-state index in [9.17, 15) is 8.42 Å². The maximum absolute atomic E-state index is 11.2. The summed E-state index contributed by atoms with van der Waals surface area (Å²) in [6.45, 7) is 4.62. The van der Waals surface area contributed by atoms with E-state index < -0.39 is 15.6 Å². The zero-order valence-corrected chi connectivity index (χ0v) is 12.1. The molecule has 1 heterocycles. The molecular weight excluding hydrogens is 264 g/mol. The van der Waals surface area contributed by atoms with E-state index in [4.69, 9.17) is 5.26 Å². The molecule has 0 saturated heterocycles. The molecule has 0 aliphatic rings. The lowest BCUT2D eigenvalue weighted by atomic mass is 10.1. The Balaban J connectivity index is 2.52. The van der Waals surface area contributed by atoms with Gasteiger partial charge in [0.25, 0.3) is 0 Å². The predicted octanol–water partition coefficient (Wildman–Crippen LogP) is 0.371. The van der Waals surface area contributed by atoms with Crippen LogP contribution in [-0.4, -0.2) is 31.7 Å². The van der Waals surface area contributed by atoms with Gasteiger partial charge in [-0.15, -0.1) is 0 Å². The summed E-state index contributed by atoms with van der Waals surface area (Å²) in [4.78, 5) is 3.88. The second kappa shape index (κ2) is 6.10. The van der Waals surface area contributed by atoms with Crippen molar-refractivity contribution in [1.29, 1.82) is 5.26 Å². The van der Waals surface area contributed by atoms with E-state index >= 15 is 0 Å². The summed E-state index contributed by atoms with van der Waals surface area (Å²) in [7, 11) is -3.23. The van der Waals surface area contributed by atoms with Crippen LogP contribution in [-0.2, 0) is 16.6 Å². The molecule has 0 radical (unpaired) electrons. The molecule has 0 aromatic carbocycles. The fourth-order valence-corrected chi connectivity index (χ4v) is 2.78. The van der Waals surface area contributed by atoms with Crippen molar-refractivity contribution in [1.82, 2.24) is 15.0 Å². The number of hydrogen-bond donors (Lipinski definition) is 2. The lowest BCUT2D eigenvalue weighted by Crippen LogP contribution is -2.49. The van der Waals surface area contributed by atoms with Gasteiger partial charge >= 0.3 is 0 Å². The Kier molecular flexibility index (Phi) is 5.00. The van der Waals surface area contributed by atoms with Crippen LogP contribution in [0.25, 0.3) is 0 Å². The zero-order valence-electron chi connectivity index (χ0n) is 11.3. The van der Waals surface area contributed by atoms with Crippen LogP contribution in [0.1, 0.15) is 25.1 Å². The highest BCUT2D eigenvalue weighted by molar-refractivity contribution is 7.88. The quantitative estimate of drug-likeness (QED) is 0.786. The molecule has 0 saturated carbocycles. The van der Waals surface area contributed by atoms with Crippen LogP contribution in [0.15, 0.2) is 18.3 Å². The Morgan fingerprint density at radius 2 is 2.16 bits per heavy atom. The molecule has 7 heteroatoms. The summed E-state index contributed by atoms with van der Waals surface area (Å²) in [6, 6.07) is 5.48. The van der Waals surface area contributed by atoms with Crippen molar-refractivity contribution in [2.24, 2.45) is 0 Å². The Morgan fingerprint density at radius 3 is 2.74 bits per heavy atom. The lowest BCUT2D eigenvalue weighted by Gasteiger charge is -2.25. The van der Waals surface area contributed by atoms with Gasteiger partial charge in [-0.25, -0.2) is 18.1 Å². The van der Waals surface area contributed by atoms with Crippen molar-refractivity contribution in [3.8, 4) is 6.07 Å². The van der Waals surface area contributed by atoms with Crippen LogP contribution >= 0.6 is 0 Å². The number of nitrogens with one attached hydrogen (secondary N) is 2. The number of nitrogens with zero attached hydrogens (tertiary/aromatic N) is 2. The van der Waals surface area contributed by atoms with Crippen molar-refractivity contribution in [3.05, 3.63) is 29.6 Å². The van der Waals surface area contributed by atoms with Gasteiger partial charge in [0.15, 0.2) is 0 Å². The van der Waals surface area contributed by atoms with Crippen LogP contribution in [0.3, 0.4) is 0 Å². The summed E-state index contributed by atoms with van der Waals surface area (Å²) in [5, 5.41) is 11.9. The number of pyridine rings is 1. The molecule has 0 bridgehead atoms. The molecule has 0 aliphatic carbocycles. The molecule has 0 aliphatic heterocycles. The normalized spacial score (nSPS) is 12.1. The minimum atomic E-state index is -3.23. The molecule has 0 spiro atoms. The minimum absolute atomic E-state index is 0.368. The Bertz CT molecular complexity index is 576. The number of rotatable bonds is 6. The number of hydrogen-bond acceptors (Lipinski definition) is 5. The highest BCUT2D eigenvalue weighted by Gasteiger charge is 2.21. The Morgan fingerprint density at radius 1 is 1.47 bits per heavy atom. The van der Waals surface area contributed by atoms with Gasteiger partial charge in [-0.3, -0.25) is 0 Å². The predicted molar refractivity (Wildman–Crippen MR) is 72.7 cm³/mol. The molecule has 2 N–H and O–H groups in total. The fourth-order valence-electron chi connectivity index (χ4n) is 1.70. The first kappa shape index (κ1) is 15.6. The van der Waals surface area contributed by atoms with Gasteiger partial charge < -0.3 is 5.32 Å². The third-order valence-corrected chi connectivity index (χ3v) is 3.22. The standard InChI is InChI=1S/C12H18N4O2S/c1-12(2,16-19(3,17)18)9-14-8-10-4-5-15-11(6-10)7-13/h4-6,14,16H,8-9H2,1-3H3. The number of nitriles is 1. The monoisotopic (exact) mass is 282 g/mol. The van der Waals surface area contributed by atoms with Crippen LogP contribution in [0.4, 0.5) is 0 Å². The smallest absolute Gasteiger partial charge is 0.209 e. The summed E-state index contributed by atoms with van der Waals surface area (Å²) in [5.74, 6) is 0. The van der Waals surface area contributed by atoms with Gasteiger partial charge in [0.2, 0.25) is 10.0 Å². The van der Waals surface area contributed by atoms with Crippen LogP contribution in [0.2, 0.25) is 0 Å². The molecular formula is C12H18N4O2S. The van der Waals surface area contributed by atoms with Gasteiger partial charge in [-0.2, -0.15) is 5.26 Å². The largest absolute Gasteiger partial charge is 0.311 e. The summed E-state index contributed by atoms with van der Waals surface area (Å²) in [5.41, 5.74) is 0.730. The lowest BCUT2D eigenvalue weighted by molar-refractivity contribution is 0.421. The Hall–Kier alpha value is -1.49. The summed E-state index contributed by atoms with van der Waals surface area (Å²) in [6.07, 6.45) is 2.71. The van der Waals surface area contributed by atoms with E-state index in [0.29, 0.717) is 18.8 Å². The van der Waals surface area contributed by atoms with Crippen molar-refractivity contribution < 1.29 is 8.42 Å². The summed E-state index contributed by atoms with van der Waals surface area (Å²) >= 11 is 0. The molecule has 0 fully saturated rings. The van der Waals surface area contributed by atoms with E-state index in [1.165, 1.54) is 0 Å². The third-order valence-electron chi connectivity index (χ3n) is 2.30. The first-order valence-electron chi connectivity index (χ1n) is 5.76. The van der Waals surface area contributed by atoms with Crippen molar-refractivity contribution in [2.45, 2.75) is 25.9 Å². The second-order valence-corrected chi connectivity index (χ2v) is 6.77. The molecule has 0 amide bonds. The molecule has 0 unspecified atom stereocenters. The second-order valence-electron chi connectivity index (χ2n) is 5.02. The number of sulfonamides is 1. The average molecular weight is 282 g/mol.